The molecule has 0 aliphatic heterocycles. The summed E-state index contributed by atoms with van der Waals surface area (Å²) in [5, 5.41) is 5.85. The van der Waals surface area contributed by atoms with Crippen LogP contribution in [0.15, 0.2) is 55.0 Å². The Balaban J connectivity index is 1.26. The minimum Gasteiger partial charge on any atom is -0.348 e. The molecule has 1 fully saturated rings. The van der Waals surface area contributed by atoms with Crippen LogP contribution in [0.5, 0.6) is 0 Å². The van der Waals surface area contributed by atoms with Crippen molar-refractivity contribution in [1.29, 1.82) is 0 Å². The zero-order chi connectivity index (χ0) is 20.1. The zero-order valence-corrected chi connectivity index (χ0v) is 16.4. The topological polar surface area (TPSA) is 75.5 Å². The number of anilines is 1. The molecule has 2 N–H and O–H groups in total. The number of carbonyl (C=O) groups excluding carboxylic acids is 2. The van der Waals surface area contributed by atoms with Crippen molar-refractivity contribution in [3.63, 3.8) is 0 Å². The lowest BCUT2D eigenvalue weighted by Gasteiger charge is -2.10. The van der Waals surface area contributed by atoms with Crippen molar-refractivity contribution in [1.82, 2.24) is 14.7 Å². The van der Waals surface area contributed by atoms with E-state index in [2.05, 4.69) is 15.6 Å². The largest absolute Gasteiger partial charge is 0.348 e. The molecule has 3 aromatic rings. The van der Waals surface area contributed by atoms with Crippen molar-refractivity contribution >= 4 is 23.1 Å². The molecule has 0 atom stereocenters. The van der Waals surface area contributed by atoms with Crippen LogP contribution in [0, 0.1) is 5.92 Å². The predicted octanol–water partition coefficient (Wildman–Crippen LogP) is 4.17. The third-order valence-electron chi connectivity index (χ3n) is 5.59. The lowest BCUT2D eigenvalue weighted by molar-refractivity contribution is -0.116. The van der Waals surface area contributed by atoms with Crippen molar-refractivity contribution in [2.45, 2.75) is 45.1 Å². The summed E-state index contributed by atoms with van der Waals surface area (Å²) in [7, 11) is 0. The molecule has 0 saturated heterocycles. The summed E-state index contributed by atoms with van der Waals surface area (Å²) in [5.74, 6) is 0.611. The van der Waals surface area contributed by atoms with E-state index in [1.54, 1.807) is 30.5 Å². The zero-order valence-electron chi connectivity index (χ0n) is 16.4. The number of imidazole rings is 1. The molecule has 4 rings (SSSR count). The molecule has 2 heterocycles. The molecule has 1 aromatic carbocycles. The van der Waals surface area contributed by atoms with Crippen molar-refractivity contribution in [3.8, 4) is 0 Å². The van der Waals surface area contributed by atoms with Gasteiger partial charge in [-0.25, -0.2) is 4.98 Å². The lowest BCUT2D eigenvalue weighted by atomic mass is 10.0. The number of benzene rings is 1. The molecular weight excluding hydrogens is 364 g/mol. The number of hydrogen-bond acceptors (Lipinski definition) is 3. The minimum atomic E-state index is -0.144. The fourth-order valence-electron chi connectivity index (χ4n) is 3.92. The summed E-state index contributed by atoms with van der Waals surface area (Å²) in [5.41, 5.74) is 3.16. The summed E-state index contributed by atoms with van der Waals surface area (Å²) in [6.45, 7) is 0.437. The molecule has 1 saturated carbocycles. The summed E-state index contributed by atoms with van der Waals surface area (Å²) in [6, 6.07) is 10.9. The van der Waals surface area contributed by atoms with Crippen molar-refractivity contribution in [2.24, 2.45) is 5.92 Å². The Morgan fingerprint density at radius 3 is 2.66 bits per heavy atom. The van der Waals surface area contributed by atoms with E-state index in [0.29, 0.717) is 24.4 Å². The third-order valence-corrected chi connectivity index (χ3v) is 5.59. The molecule has 150 valence electrons. The molecule has 1 aliphatic rings. The average Bonchev–Trinajstić information content (AvgIpc) is 3.42. The maximum atomic E-state index is 12.4. The number of nitrogens with one attached hydrogen (secondary N) is 2. The minimum absolute atomic E-state index is 0.0454. The van der Waals surface area contributed by atoms with Gasteiger partial charge >= 0.3 is 0 Å². The third kappa shape index (κ3) is 5.02. The van der Waals surface area contributed by atoms with E-state index in [-0.39, 0.29) is 11.8 Å². The molecule has 6 heteroatoms. The fraction of sp³-hybridized carbons (Fsp3) is 0.348. The van der Waals surface area contributed by atoms with Crippen LogP contribution in [0.25, 0.3) is 5.65 Å². The molecule has 0 unspecified atom stereocenters. The summed E-state index contributed by atoms with van der Waals surface area (Å²) in [4.78, 5) is 28.7. The first-order valence-corrected chi connectivity index (χ1v) is 10.3. The van der Waals surface area contributed by atoms with Gasteiger partial charge in [-0.2, -0.15) is 0 Å². The van der Waals surface area contributed by atoms with Gasteiger partial charge in [0, 0.05) is 42.8 Å². The van der Waals surface area contributed by atoms with Gasteiger partial charge in [-0.3, -0.25) is 9.59 Å². The van der Waals surface area contributed by atoms with Gasteiger partial charge in [-0.1, -0.05) is 31.7 Å². The number of amides is 2. The molecule has 2 amide bonds. The van der Waals surface area contributed by atoms with E-state index in [4.69, 9.17) is 0 Å². The van der Waals surface area contributed by atoms with Crippen LogP contribution in [-0.2, 0) is 11.3 Å². The second-order valence-corrected chi connectivity index (χ2v) is 7.73. The highest BCUT2D eigenvalue weighted by atomic mass is 16.2. The first-order valence-electron chi connectivity index (χ1n) is 10.3. The second-order valence-electron chi connectivity index (χ2n) is 7.73. The first-order chi connectivity index (χ1) is 14.2. The smallest absolute Gasteiger partial charge is 0.251 e. The van der Waals surface area contributed by atoms with E-state index in [0.717, 1.165) is 23.3 Å². The van der Waals surface area contributed by atoms with Crippen molar-refractivity contribution in [2.75, 3.05) is 5.32 Å². The first kappa shape index (κ1) is 19.2. The molecule has 0 bridgehead atoms. The van der Waals surface area contributed by atoms with Gasteiger partial charge in [0.25, 0.3) is 5.91 Å². The number of aromatic nitrogens is 2. The number of fused-ring (bicyclic) bond motifs is 1. The Hall–Kier alpha value is -3.15. The molecule has 2 aromatic heterocycles. The van der Waals surface area contributed by atoms with E-state index in [9.17, 15) is 9.59 Å². The van der Waals surface area contributed by atoms with Crippen molar-refractivity contribution in [3.05, 3.63) is 66.1 Å². The second kappa shape index (κ2) is 8.90. The van der Waals surface area contributed by atoms with Crippen LogP contribution >= 0.6 is 0 Å². The van der Waals surface area contributed by atoms with Gasteiger partial charge in [0.15, 0.2) is 0 Å². The van der Waals surface area contributed by atoms with E-state index >= 15 is 0 Å². The monoisotopic (exact) mass is 390 g/mol. The SMILES string of the molecule is O=C(CCC1CCCC1)Nc1ccc(C(=O)NCc2ccc3nccn3c2)cc1. The van der Waals surface area contributed by atoms with Gasteiger partial charge in [-0.15, -0.1) is 0 Å². The van der Waals surface area contributed by atoms with Crippen molar-refractivity contribution < 1.29 is 9.59 Å². The normalized spacial score (nSPS) is 14.2. The maximum Gasteiger partial charge on any atom is 0.251 e. The van der Waals surface area contributed by atoms with Crippen LogP contribution in [0.3, 0.4) is 0 Å². The molecule has 0 spiro atoms. The van der Waals surface area contributed by atoms with E-state index in [1.165, 1.54) is 25.7 Å². The maximum absolute atomic E-state index is 12.4. The Morgan fingerprint density at radius 2 is 1.86 bits per heavy atom. The van der Waals surface area contributed by atoms with Gasteiger partial charge in [-0.05, 0) is 48.2 Å². The van der Waals surface area contributed by atoms with Crippen LogP contribution in [0.2, 0.25) is 0 Å². The van der Waals surface area contributed by atoms with Gasteiger partial charge in [0.2, 0.25) is 5.91 Å². The summed E-state index contributed by atoms with van der Waals surface area (Å²) in [6.07, 6.45) is 12.2. The molecular formula is C23H26N4O2. The van der Waals surface area contributed by atoms with Gasteiger partial charge < -0.3 is 15.0 Å². The highest BCUT2D eigenvalue weighted by Gasteiger charge is 2.16. The Morgan fingerprint density at radius 1 is 1.07 bits per heavy atom. The van der Waals surface area contributed by atoms with E-state index < -0.39 is 0 Å². The van der Waals surface area contributed by atoms with Crippen LogP contribution in [0.4, 0.5) is 5.69 Å². The van der Waals surface area contributed by atoms with Crippen LogP contribution < -0.4 is 10.6 Å². The Bertz CT molecular complexity index is 988. The number of carbonyl (C=O) groups is 2. The van der Waals surface area contributed by atoms with Crippen LogP contribution in [-0.4, -0.2) is 21.2 Å². The fourth-order valence-corrected chi connectivity index (χ4v) is 3.92. The quantitative estimate of drug-likeness (QED) is 0.636. The lowest BCUT2D eigenvalue weighted by Crippen LogP contribution is -2.23. The number of hydrogen-bond donors (Lipinski definition) is 2. The molecule has 29 heavy (non-hydrogen) atoms. The molecule has 6 nitrogen and oxygen atoms in total. The van der Waals surface area contributed by atoms with Gasteiger partial charge in [0.05, 0.1) is 0 Å². The molecule has 1 aliphatic carbocycles. The predicted molar refractivity (Wildman–Crippen MR) is 113 cm³/mol. The Kier molecular flexibility index (Phi) is 5.89. The summed E-state index contributed by atoms with van der Waals surface area (Å²) >= 11 is 0. The number of nitrogens with zero attached hydrogens (tertiary/aromatic N) is 2. The highest BCUT2D eigenvalue weighted by molar-refractivity contribution is 5.95. The highest BCUT2D eigenvalue weighted by Crippen LogP contribution is 2.28. The number of pyridine rings is 1. The van der Waals surface area contributed by atoms with Gasteiger partial charge in [0.1, 0.15) is 5.65 Å². The van der Waals surface area contributed by atoms with E-state index in [1.807, 2.05) is 28.9 Å². The summed E-state index contributed by atoms with van der Waals surface area (Å²) < 4.78 is 1.92. The molecule has 0 radical (unpaired) electrons. The average molecular weight is 390 g/mol. The number of rotatable bonds is 7. The standard InChI is InChI=1S/C23H26N4O2/c28-22(12-6-17-3-1-2-4-17)26-20-9-7-19(8-10-20)23(29)25-15-18-5-11-21-24-13-14-27(21)16-18/h5,7-11,13-14,16-17H,1-4,6,12,15H2,(H,25,29)(H,26,28). The Labute approximate surface area is 170 Å². The van der Waals surface area contributed by atoms with Crippen LogP contribution in [0.1, 0.15) is 54.4 Å².